The predicted octanol–water partition coefficient (Wildman–Crippen LogP) is 1.79. The highest BCUT2D eigenvalue weighted by molar-refractivity contribution is 6.29. The average Bonchev–Trinajstić information content (AvgIpc) is 3.16. The van der Waals surface area contributed by atoms with Gasteiger partial charge in [-0.15, -0.1) is 0 Å². The number of fused-ring (bicyclic) bond motifs is 1. The minimum Gasteiger partial charge on any atom is -0.379 e. The van der Waals surface area contributed by atoms with Crippen LogP contribution in [0.15, 0.2) is 30.6 Å². The lowest BCUT2D eigenvalue weighted by atomic mass is 10.1. The molecule has 1 fully saturated rings. The summed E-state index contributed by atoms with van der Waals surface area (Å²) in [6, 6.07) is 5.68. The van der Waals surface area contributed by atoms with Crippen molar-refractivity contribution in [1.82, 2.24) is 25.3 Å². The summed E-state index contributed by atoms with van der Waals surface area (Å²) in [6.07, 6.45) is 4.14. The van der Waals surface area contributed by atoms with E-state index in [1.54, 1.807) is 13.2 Å². The summed E-state index contributed by atoms with van der Waals surface area (Å²) in [4.78, 5) is 11.2. The van der Waals surface area contributed by atoms with Crippen molar-refractivity contribution in [3.63, 3.8) is 0 Å². The average molecular weight is 390 g/mol. The molecule has 0 amide bonds. The van der Waals surface area contributed by atoms with Crippen LogP contribution in [0.5, 0.6) is 0 Å². The SMILES string of the molecule is COC(CN1CCOCC1)CN1C=C(c2cnc3ccc(Cl)nc3c2)CN1. The fourth-order valence-electron chi connectivity index (χ4n) is 3.42. The van der Waals surface area contributed by atoms with Gasteiger partial charge in [0.15, 0.2) is 0 Å². The topological polar surface area (TPSA) is 62.8 Å². The van der Waals surface area contributed by atoms with Crippen molar-refractivity contribution in [2.45, 2.75) is 6.10 Å². The number of hydrogen-bond acceptors (Lipinski definition) is 7. The van der Waals surface area contributed by atoms with E-state index >= 15 is 0 Å². The second kappa shape index (κ2) is 8.50. The predicted molar refractivity (Wildman–Crippen MR) is 105 cm³/mol. The van der Waals surface area contributed by atoms with E-state index < -0.39 is 0 Å². The molecule has 7 nitrogen and oxygen atoms in total. The third-order valence-corrected chi connectivity index (χ3v) is 5.17. The molecular weight excluding hydrogens is 366 g/mol. The highest BCUT2D eigenvalue weighted by Crippen LogP contribution is 2.22. The van der Waals surface area contributed by atoms with Crippen molar-refractivity contribution in [3.05, 3.63) is 41.3 Å². The lowest BCUT2D eigenvalue weighted by molar-refractivity contribution is -0.00627. The molecule has 2 aromatic rings. The fourth-order valence-corrected chi connectivity index (χ4v) is 3.57. The zero-order valence-electron chi connectivity index (χ0n) is 15.4. The van der Waals surface area contributed by atoms with Crippen molar-refractivity contribution < 1.29 is 9.47 Å². The number of methoxy groups -OCH3 is 1. The van der Waals surface area contributed by atoms with Crippen LogP contribution in [0.3, 0.4) is 0 Å². The van der Waals surface area contributed by atoms with E-state index in [1.165, 1.54) is 5.57 Å². The largest absolute Gasteiger partial charge is 0.379 e. The maximum Gasteiger partial charge on any atom is 0.129 e. The van der Waals surface area contributed by atoms with Crippen molar-refractivity contribution in [3.8, 4) is 0 Å². The van der Waals surface area contributed by atoms with Crippen LogP contribution in [-0.4, -0.2) is 79.0 Å². The first-order chi connectivity index (χ1) is 13.2. The number of hydrogen-bond donors (Lipinski definition) is 1. The number of rotatable bonds is 6. The standard InChI is InChI=1S/C19H24ClN5O2/c1-26-16(12-24-4-6-27-7-5-24)13-25-11-15(10-22-25)14-8-18-17(21-9-14)2-3-19(20)23-18/h2-3,8-9,11,16,22H,4-7,10,12-13H2,1H3. The van der Waals surface area contributed by atoms with Crippen LogP contribution >= 0.6 is 11.6 Å². The van der Waals surface area contributed by atoms with E-state index in [2.05, 4.69) is 31.5 Å². The Morgan fingerprint density at radius 1 is 1.26 bits per heavy atom. The minimum absolute atomic E-state index is 0.126. The summed E-state index contributed by atoms with van der Waals surface area (Å²) in [6.45, 7) is 5.97. The highest BCUT2D eigenvalue weighted by Gasteiger charge is 2.21. The molecule has 0 spiro atoms. The minimum atomic E-state index is 0.126. The van der Waals surface area contributed by atoms with Gasteiger partial charge in [0.25, 0.3) is 0 Å². The summed E-state index contributed by atoms with van der Waals surface area (Å²) in [5.41, 5.74) is 7.28. The van der Waals surface area contributed by atoms with Crippen LogP contribution in [-0.2, 0) is 9.47 Å². The summed E-state index contributed by atoms with van der Waals surface area (Å²) < 4.78 is 11.1. The molecule has 4 rings (SSSR count). The van der Waals surface area contributed by atoms with E-state index in [0.29, 0.717) is 5.15 Å². The lowest BCUT2D eigenvalue weighted by Crippen LogP contribution is -2.46. The Morgan fingerprint density at radius 2 is 2.11 bits per heavy atom. The summed E-state index contributed by atoms with van der Waals surface area (Å²) >= 11 is 6.01. The highest BCUT2D eigenvalue weighted by atomic mass is 35.5. The van der Waals surface area contributed by atoms with E-state index in [0.717, 1.165) is 62.5 Å². The molecule has 4 heterocycles. The molecule has 0 aromatic carbocycles. The summed E-state index contributed by atoms with van der Waals surface area (Å²) in [7, 11) is 1.77. The van der Waals surface area contributed by atoms with E-state index in [1.807, 2.05) is 18.3 Å². The first-order valence-electron chi connectivity index (χ1n) is 9.18. The van der Waals surface area contributed by atoms with Crippen LogP contribution in [0, 0.1) is 0 Å². The van der Waals surface area contributed by atoms with Gasteiger partial charge < -0.3 is 14.5 Å². The Kier molecular flexibility index (Phi) is 5.85. The third-order valence-electron chi connectivity index (χ3n) is 4.96. The van der Waals surface area contributed by atoms with Gasteiger partial charge in [-0.1, -0.05) is 11.6 Å². The molecule has 0 saturated carbocycles. The molecule has 144 valence electrons. The van der Waals surface area contributed by atoms with Gasteiger partial charge in [0, 0.05) is 51.2 Å². The second-order valence-electron chi connectivity index (χ2n) is 6.81. The lowest BCUT2D eigenvalue weighted by Gasteiger charge is -2.31. The molecule has 8 heteroatoms. The molecule has 0 radical (unpaired) electrons. The molecule has 27 heavy (non-hydrogen) atoms. The van der Waals surface area contributed by atoms with Crippen molar-refractivity contribution in [2.24, 2.45) is 0 Å². The van der Waals surface area contributed by atoms with E-state index in [9.17, 15) is 0 Å². The second-order valence-corrected chi connectivity index (χ2v) is 7.20. The molecule has 2 aliphatic rings. The number of hydrazine groups is 1. The smallest absolute Gasteiger partial charge is 0.129 e. The molecular formula is C19H24ClN5O2. The zero-order chi connectivity index (χ0) is 18.6. The fraction of sp³-hybridized carbons (Fsp3) is 0.474. The maximum absolute atomic E-state index is 6.01. The number of halogens is 1. The quantitative estimate of drug-likeness (QED) is 0.756. The molecule has 0 aliphatic carbocycles. The molecule has 2 aliphatic heterocycles. The Hall–Kier alpha value is -1.77. The number of pyridine rings is 2. The van der Waals surface area contributed by atoms with Gasteiger partial charge >= 0.3 is 0 Å². The van der Waals surface area contributed by atoms with Crippen LogP contribution < -0.4 is 5.43 Å². The van der Waals surface area contributed by atoms with Gasteiger partial charge in [-0.2, -0.15) is 0 Å². The number of morpholine rings is 1. The Balaban J connectivity index is 1.42. The van der Waals surface area contributed by atoms with Gasteiger partial charge in [-0.3, -0.25) is 9.88 Å². The van der Waals surface area contributed by atoms with Crippen molar-refractivity contribution in [2.75, 3.05) is 53.0 Å². The number of nitrogens with one attached hydrogen (secondary N) is 1. The zero-order valence-corrected chi connectivity index (χ0v) is 16.2. The van der Waals surface area contributed by atoms with Gasteiger partial charge in [-0.25, -0.2) is 10.4 Å². The van der Waals surface area contributed by atoms with Gasteiger partial charge in [0.1, 0.15) is 5.15 Å². The van der Waals surface area contributed by atoms with Crippen molar-refractivity contribution >= 4 is 28.2 Å². The van der Waals surface area contributed by atoms with Crippen LogP contribution in [0.25, 0.3) is 16.6 Å². The van der Waals surface area contributed by atoms with Crippen LogP contribution in [0.4, 0.5) is 0 Å². The molecule has 1 unspecified atom stereocenters. The molecule has 2 aromatic heterocycles. The normalized spacial score (nSPS) is 19.5. The van der Waals surface area contributed by atoms with Gasteiger partial charge in [-0.05, 0) is 23.8 Å². The summed E-state index contributed by atoms with van der Waals surface area (Å²) in [5, 5.41) is 2.58. The third kappa shape index (κ3) is 4.56. The van der Waals surface area contributed by atoms with Gasteiger partial charge in [0.2, 0.25) is 0 Å². The summed E-state index contributed by atoms with van der Waals surface area (Å²) in [5.74, 6) is 0. The van der Waals surface area contributed by atoms with Crippen molar-refractivity contribution in [1.29, 1.82) is 0 Å². The molecule has 1 saturated heterocycles. The van der Waals surface area contributed by atoms with Crippen LogP contribution in [0.2, 0.25) is 5.15 Å². The Labute approximate surface area is 163 Å². The Bertz CT molecular complexity index is 825. The first-order valence-corrected chi connectivity index (χ1v) is 9.55. The maximum atomic E-state index is 6.01. The molecule has 0 bridgehead atoms. The first kappa shape index (κ1) is 18.6. The molecule has 1 atom stereocenters. The number of aromatic nitrogens is 2. The number of nitrogens with zero attached hydrogens (tertiary/aromatic N) is 4. The van der Waals surface area contributed by atoms with E-state index in [-0.39, 0.29) is 6.10 Å². The molecule has 1 N–H and O–H groups in total. The monoisotopic (exact) mass is 389 g/mol. The van der Waals surface area contributed by atoms with Crippen LogP contribution in [0.1, 0.15) is 5.56 Å². The number of ether oxygens (including phenoxy) is 2. The van der Waals surface area contributed by atoms with Gasteiger partial charge in [0.05, 0.1) is 36.9 Å². The van der Waals surface area contributed by atoms with E-state index in [4.69, 9.17) is 21.1 Å². The Morgan fingerprint density at radius 3 is 2.93 bits per heavy atom.